The van der Waals surface area contributed by atoms with Crippen molar-refractivity contribution in [3.8, 4) is 0 Å². The van der Waals surface area contributed by atoms with Gasteiger partial charge in [-0.15, -0.1) is 11.3 Å². The highest BCUT2D eigenvalue weighted by Crippen LogP contribution is 2.24. The van der Waals surface area contributed by atoms with Crippen molar-refractivity contribution in [1.82, 2.24) is 10.3 Å². The molecular formula is C13H21N3OS. The van der Waals surface area contributed by atoms with Crippen molar-refractivity contribution in [2.75, 3.05) is 5.32 Å². The van der Waals surface area contributed by atoms with Gasteiger partial charge in [-0.1, -0.05) is 19.8 Å². The third-order valence-electron chi connectivity index (χ3n) is 3.52. The van der Waals surface area contributed by atoms with Crippen molar-refractivity contribution in [3.63, 3.8) is 0 Å². The quantitative estimate of drug-likeness (QED) is 0.862. The van der Waals surface area contributed by atoms with E-state index in [-0.39, 0.29) is 6.03 Å². The monoisotopic (exact) mass is 267 g/mol. The Balaban J connectivity index is 1.84. The largest absolute Gasteiger partial charge is 0.335 e. The number of anilines is 1. The average Bonchev–Trinajstić information content (AvgIpc) is 2.57. The van der Waals surface area contributed by atoms with Gasteiger partial charge in [0, 0.05) is 10.9 Å². The summed E-state index contributed by atoms with van der Waals surface area (Å²) in [4.78, 5) is 17.3. The highest BCUT2D eigenvalue weighted by atomic mass is 32.1. The van der Waals surface area contributed by atoms with Crippen LogP contribution in [-0.4, -0.2) is 17.1 Å². The Kier molecular flexibility index (Phi) is 4.22. The molecule has 0 bridgehead atoms. The summed E-state index contributed by atoms with van der Waals surface area (Å²) in [5.74, 6) is 0.716. The van der Waals surface area contributed by atoms with Gasteiger partial charge in [-0.3, -0.25) is 5.32 Å². The second-order valence-corrected chi connectivity index (χ2v) is 6.43. The van der Waals surface area contributed by atoms with Crippen LogP contribution in [-0.2, 0) is 0 Å². The van der Waals surface area contributed by atoms with Crippen LogP contribution >= 0.6 is 11.3 Å². The van der Waals surface area contributed by atoms with E-state index in [0.717, 1.165) is 23.4 Å². The standard InChI is InChI=1S/C13H21N3OS/c1-8-5-4-6-11(7-8)15-12(17)16-13-14-9(2)10(3)18-13/h8,11H,4-7H2,1-3H3,(H2,14,15,16,17). The van der Waals surface area contributed by atoms with Crippen LogP contribution in [0.3, 0.4) is 0 Å². The molecule has 100 valence electrons. The molecule has 2 N–H and O–H groups in total. The lowest BCUT2D eigenvalue weighted by atomic mass is 9.87. The second-order valence-electron chi connectivity index (χ2n) is 5.23. The Morgan fingerprint density at radius 3 is 2.78 bits per heavy atom. The molecule has 5 heteroatoms. The Morgan fingerprint density at radius 1 is 1.39 bits per heavy atom. The predicted octanol–water partition coefficient (Wildman–Crippen LogP) is 3.46. The number of urea groups is 1. The minimum absolute atomic E-state index is 0.122. The first kappa shape index (κ1) is 13.3. The number of nitrogens with zero attached hydrogens (tertiary/aromatic N) is 1. The van der Waals surface area contributed by atoms with Crippen molar-refractivity contribution < 1.29 is 4.79 Å². The maximum Gasteiger partial charge on any atom is 0.321 e. The number of aryl methyl sites for hydroxylation is 2. The highest BCUT2D eigenvalue weighted by Gasteiger charge is 2.20. The van der Waals surface area contributed by atoms with E-state index >= 15 is 0 Å². The van der Waals surface area contributed by atoms with Gasteiger partial charge in [0.1, 0.15) is 0 Å². The van der Waals surface area contributed by atoms with E-state index in [4.69, 9.17) is 0 Å². The highest BCUT2D eigenvalue weighted by molar-refractivity contribution is 7.15. The van der Waals surface area contributed by atoms with E-state index in [1.165, 1.54) is 24.2 Å². The summed E-state index contributed by atoms with van der Waals surface area (Å²) in [6.45, 7) is 6.22. The molecule has 2 rings (SSSR count). The zero-order valence-corrected chi connectivity index (χ0v) is 12.1. The summed E-state index contributed by atoms with van der Waals surface area (Å²) in [6, 6.07) is 0.193. The van der Waals surface area contributed by atoms with E-state index in [0.29, 0.717) is 17.1 Å². The Morgan fingerprint density at radius 2 is 2.17 bits per heavy atom. The number of hydrogen-bond acceptors (Lipinski definition) is 3. The fourth-order valence-corrected chi connectivity index (χ4v) is 3.22. The first-order valence-corrected chi connectivity index (χ1v) is 7.38. The number of carbonyl (C=O) groups is 1. The van der Waals surface area contributed by atoms with Gasteiger partial charge >= 0.3 is 6.03 Å². The van der Waals surface area contributed by atoms with Gasteiger partial charge in [-0.05, 0) is 32.6 Å². The first-order chi connectivity index (χ1) is 8.54. The van der Waals surface area contributed by atoms with Crippen molar-refractivity contribution in [2.24, 2.45) is 5.92 Å². The predicted molar refractivity (Wildman–Crippen MR) is 75.2 cm³/mol. The van der Waals surface area contributed by atoms with E-state index in [1.54, 1.807) is 0 Å². The van der Waals surface area contributed by atoms with Crippen LogP contribution < -0.4 is 10.6 Å². The van der Waals surface area contributed by atoms with Crippen LogP contribution in [0.15, 0.2) is 0 Å². The van der Waals surface area contributed by atoms with Crippen LogP contribution in [0, 0.1) is 19.8 Å². The fraction of sp³-hybridized carbons (Fsp3) is 0.692. The third kappa shape index (κ3) is 3.45. The molecule has 1 heterocycles. The van der Waals surface area contributed by atoms with Crippen LogP contribution in [0.25, 0.3) is 0 Å². The van der Waals surface area contributed by atoms with E-state index in [9.17, 15) is 4.79 Å². The van der Waals surface area contributed by atoms with Gasteiger partial charge in [0.2, 0.25) is 0 Å². The van der Waals surface area contributed by atoms with Gasteiger partial charge in [0.15, 0.2) is 5.13 Å². The number of nitrogens with one attached hydrogen (secondary N) is 2. The Hall–Kier alpha value is -1.10. The molecule has 18 heavy (non-hydrogen) atoms. The normalized spacial score (nSPS) is 23.7. The molecule has 2 amide bonds. The summed E-state index contributed by atoms with van der Waals surface area (Å²) in [6.07, 6.45) is 4.67. The average molecular weight is 267 g/mol. The SMILES string of the molecule is Cc1nc(NC(=O)NC2CCCC(C)C2)sc1C. The smallest absolute Gasteiger partial charge is 0.321 e. The third-order valence-corrected chi connectivity index (χ3v) is 4.51. The molecule has 0 radical (unpaired) electrons. The van der Waals surface area contributed by atoms with E-state index in [1.807, 2.05) is 13.8 Å². The van der Waals surface area contributed by atoms with Crippen LogP contribution in [0.5, 0.6) is 0 Å². The lowest BCUT2D eigenvalue weighted by Gasteiger charge is -2.27. The number of carbonyl (C=O) groups excluding carboxylic acids is 1. The molecule has 2 unspecified atom stereocenters. The maximum atomic E-state index is 11.9. The van der Waals surface area contributed by atoms with Crippen molar-refractivity contribution in [2.45, 2.75) is 52.5 Å². The molecule has 0 aliphatic heterocycles. The second kappa shape index (κ2) is 5.69. The van der Waals surface area contributed by atoms with Crippen molar-refractivity contribution in [1.29, 1.82) is 0 Å². The number of thiazole rings is 1. The van der Waals surface area contributed by atoms with Gasteiger partial charge in [-0.2, -0.15) is 0 Å². The molecule has 4 nitrogen and oxygen atoms in total. The van der Waals surface area contributed by atoms with Crippen LogP contribution in [0.2, 0.25) is 0 Å². The van der Waals surface area contributed by atoms with Crippen LogP contribution in [0.4, 0.5) is 9.93 Å². The van der Waals surface area contributed by atoms with E-state index < -0.39 is 0 Å². The minimum Gasteiger partial charge on any atom is -0.335 e. The molecule has 2 atom stereocenters. The van der Waals surface area contributed by atoms with Crippen molar-refractivity contribution >= 4 is 22.5 Å². The number of aromatic nitrogens is 1. The lowest BCUT2D eigenvalue weighted by Crippen LogP contribution is -2.40. The molecule has 0 spiro atoms. The summed E-state index contributed by atoms with van der Waals surface area (Å²) in [5.41, 5.74) is 0.988. The Bertz CT molecular complexity index is 410. The van der Waals surface area contributed by atoms with Crippen molar-refractivity contribution in [3.05, 3.63) is 10.6 Å². The molecule has 0 saturated heterocycles. The van der Waals surface area contributed by atoms with Gasteiger partial charge in [0.25, 0.3) is 0 Å². The van der Waals surface area contributed by atoms with Crippen LogP contribution in [0.1, 0.15) is 43.2 Å². The number of amides is 2. The topological polar surface area (TPSA) is 54.0 Å². The van der Waals surface area contributed by atoms with E-state index in [2.05, 4.69) is 22.5 Å². The molecular weight excluding hydrogens is 246 g/mol. The van der Waals surface area contributed by atoms with Gasteiger partial charge in [-0.25, -0.2) is 9.78 Å². The first-order valence-electron chi connectivity index (χ1n) is 6.56. The summed E-state index contributed by atoms with van der Waals surface area (Å²) < 4.78 is 0. The molecule has 1 aliphatic rings. The number of rotatable bonds is 2. The fourth-order valence-electron chi connectivity index (χ4n) is 2.41. The molecule has 1 saturated carbocycles. The van der Waals surface area contributed by atoms with Gasteiger partial charge < -0.3 is 5.32 Å². The summed E-state index contributed by atoms with van der Waals surface area (Å²) in [5, 5.41) is 6.55. The molecule has 1 aromatic heterocycles. The molecule has 1 fully saturated rings. The zero-order valence-electron chi connectivity index (χ0n) is 11.2. The molecule has 1 aliphatic carbocycles. The Labute approximate surface area is 112 Å². The summed E-state index contributed by atoms with van der Waals surface area (Å²) >= 11 is 1.52. The number of hydrogen-bond donors (Lipinski definition) is 2. The minimum atomic E-state index is -0.122. The zero-order chi connectivity index (χ0) is 13.1. The molecule has 0 aromatic carbocycles. The lowest BCUT2D eigenvalue weighted by molar-refractivity contribution is 0.238. The maximum absolute atomic E-state index is 11.9. The van der Waals surface area contributed by atoms with Gasteiger partial charge in [0.05, 0.1) is 5.69 Å². The molecule has 1 aromatic rings. The summed E-state index contributed by atoms with van der Waals surface area (Å²) in [7, 11) is 0.